The third kappa shape index (κ3) is 4.13. The molecule has 0 radical (unpaired) electrons. The third-order valence-electron chi connectivity index (χ3n) is 3.30. The van der Waals surface area contributed by atoms with Gasteiger partial charge in [-0.1, -0.05) is 33.1 Å². The highest BCUT2D eigenvalue weighted by Gasteiger charge is 2.21. The standard InChI is InChI=1S/C15H26N2O2S/c1-5-7-9-11(8-6-2)17-15-13(19-4)12(16)14(20-15)10(3)18/h11,17H,5-9,16H2,1-4H3. The summed E-state index contributed by atoms with van der Waals surface area (Å²) in [5.74, 6) is 0.595. The Bertz CT molecular complexity index is 443. The summed E-state index contributed by atoms with van der Waals surface area (Å²) in [6, 6.07) is 0.409. The van der Waals surface area contributed by atoms with Crippen molar-refractivity contribution in [3.63, 3.8) is 0 Å². The van der Waals surface area contributed by atoms with Crippen molar-refractivity contribution >= 4 is 27.8 Å². The van der Waals surface area contributed by atoms with Crippen LogP contribution in [0.15, 0.2) is 0 Å². The van der Waals surface area contributed by atoms with Gasteiger partial charge in [-0.25, -0.2) is 0 Å². The molecule has 0 aliphatic heterocycles. The Morgan fingerprint density at radius 3 is 2.55 bits per heavy atom. The second kappa shape index (κ2) is 8.15. The first-order valence-corrected chi connectivity index (χ1v) is 8.10. The number of unbranched alkanes of at least 4 members (excludes halogenated alkanes) is 1. The molecule has 0 aliphatic carbocycles. The number of carbonyl (C=O) groups is 1. The van der Waals surface area contributed by atoms with E-state index < -0.39 is 0 Å². The minimum absolute atomic E-state index is 0.0144. The second-order valence-electron chi connectivity index (χ2n) is 5.04. The Kier molecular flexibility index (Phi) is 6.85. The highest BCUT2D eigenvalue weighted by molar-refractivity contribution is 7.19. The zero-order valence-corrected chi connectivity index (χ0v) is 13.7. The third-order valence-corrected chi connectivity index (χ3v) is 4.52. The van der Waals surface area contributed by atoms with Gasteiger partial charge in [-0.2, -0.15) is 0 Å². The highest BCUT2D eigenvalue weighted by Crippen LogP contribution is 2.43. The molecule has 4 nitrogen and oxygen atoms in total. The molecule has 0 spiro atoms. The van der Waals surface area contributed by atoms with Crippen LogP contribution in [0.4, 0.5) is 10.7 Å². The minimum atomic E-state index is -0.0144. The lowest BCUT2D eigenvalue weighted by atomic mass is 10.1. The summed E-state index contributed by atoms with van der Waals surface area (Å²) in [6.07, 6.45) is 5.74. The second-order valence-corrected chi connectivity index (χ2v) is 6.06. The summed E-state index contributed by atoms with van der Waals surface area (Å²) >= 11 is 1.40. The van der Waals surface area contributed by atoms with E-state index in [4.69, 9.17) is 10.5 Å². The quantitative estimate of drug-likeness (QED) is 0.667. The van der Waals surface area contributed by atoms with Crippen LogP contribution in [-0.2, 0) is 0 Å². The number of thiophene rings is 1. The SMILES string of the molecule is CCCCC(CCC)Nc1sc(C(C)=O)c(N)c1OC. The Labute approximate surface area is 125 Å². The number of ether oxygens (including phenoxy) is 1. The minimum Gasteiger partial charge on any atom is -0.492 e. The van der Waals surface area contributed by atoms with E-state index in [-0.39, 0.29) is 5.78 Å². The first kappa shape index (κ1) is 16.8. The molecule has 1 unspecified atom stereocenters. The van der Waals surface area contributed by atoms with Crippen LogP contribution >= 0.6 is 11.3 Å². The van der Waals surface area contributed by atoms with Crippen LogP contribution in [0.5, 0.6) is 5.75 Å². The smallest absolute Gasteiger partial charge is 0.176 e. The van der Waals surface area contributed by atoms with Gasteiger partial charge >= 0.3 is 0 Å². The van der Waals surface area contributed by atoms with Crippen LogP contribution in [0.25, 0.3) is 0 Å². The number of carbonyl (C=O) groups excluding carboxylic acids is 1. The maximum absolute atomic E-state index is 11.6. The van der Waals surface area contributed by atoms with Gasteiger partial charge in [-0.05, 0) is 12.8 Å². The Morgan fingerprint density at radius 1 is 1.35 bits per heavy atom. The van der Waals surface area contributed by atoms with Crippen LogP contribution in [0.2, 0.25) is 0 Å². The van der Waals surface area contributed by atoms with Crippen molar-refractivity contribution < 1.29 is 9.53 Å². The van der Waals surface area contributed by atoms with Crippen molar-refractivity contribution in [3.05, 3.63) is 4.88 Å². The number of hydrogen-bond acceptors (Lipinski definition) is 5. The molecule has 0 saturated carbocycles. The van der Waals surface area contributed by atoms with Crippen molar-refractivity contribution in [1.82, 2.24) is 0 Å². The van der Waals surface area contributed by atoms with Gasteiger partial charge in [0.2, 0.25) is 0 Å². The molecular weight excluding hydrogens is 272 g/mol. The van der Waals surface area contributed by atoms with Crippen molar-refractivity contribution in [3.8, 4) is 5.75 Å². The summed E-state index contributed by atoms with van der Waals surface area (Å²) in [5.41, 5.74) is 6.45. The molecule has 20 heavy (non-hydrogen) atoms. The van der Waals surface area contributed by atoms with Gasteiger partial charge in [0.05, 0.1) is 17.7 Å². The largest absolute Gasteiger partial charge is 0.492 e. The summed E-state index contributed by atoms with van der Waals surface area (Å²) < 4.78 is 5.36. The molecule has 1 rings (SSSR count). The van der Waals surface area contributed by atoms with Crippen molar-refractivity contribution in [1.29, 1.82) is 0 Å². The lowest BCUT2D eigenvalue weighted by molar-refractivity contribution is 0.102. The number of rotatable bonds is 9. The van der Waals surface area contributed by atoms with Gasteiger partial charge in [-0.15, -0.1) is 11.3 Å². The predicted octanol–water partition coefficient (Wildman–Crippen LogP) is 4.31. The first-order chi connectivity index (χ1) is 9.54. The molecule has 1 atom stereocenters. The van der Waals surface area contributed by atoms with Crippen LogP contribution in [0.1, 0.15) is 62.5 Å². The topological polar surface area (TPSA) is 64.4 Å². The average molecular weight is 298 g/mol. The fraction of sp³-hybridized carbons (Fsp3) is 0.667. The Hall–Kier alpha value is -1.23. The van der Waals surface area contributed by atoms with Crippen LogP contribution < -0.4 is 15.8 Å². The fourth-order valence-corrected chi connectivity index (χ4v) is 3.32. The highest BCUT2D eigenvalue weighted by atomic mass is 32.1. The van der Waals surface area contributed by atoms with Gasteiger partial charge in [0.25, 0.3) is 0 Å². The van der Waals surface area contributed by atoms with E-state index in [1.54, 1.807) is 7.11 Å². The molecule has 5 heteroatoms. The number of nitrogens with two attached hydrogens (primary N) is 1. The number of nitrogens with one attached hydrogen (secondary N) is 1. The van der Waals surface area contributed by atoms with Gasteiger partial charge in [0.15, 0.2) is 11.5 Å². The van der Waals surface area contributed by atoms with Gasteiger partial charge in [0, 0.05) is 13.0 Å². The summed E-state index contributed by atoms with van der Waals surface area (Å²) in [5, 5.41) is 4.39. The van der Waals surface area contributed by atoms with Crippen molar-refractivity contribution in [2.24, 2.45) is 0 Å². The van der Waals surface area contributed by atoms with E-state index in [1.807, 2.05) is 0 Å². The Balaban J connectivity index is 2.93. The molecule has 0 fully saturated rings. The molecule has 3 N–H and O–H groups in total. The maximum Gasteiger partial charge on any atom is 0.176 e. The molecule has 0 bridgehead atoms. The van der Waals surface area contributed by atoms with E-state index in [0.717, 1.165) is 24.3 Å². The molecule has 1 heterocycles. The fourth-order valence-electron chi connectivity index (χ4n) is 2.26. The number of ketones is 1. The number of anilines is 2. The van der Waals surface area contributed by atoms with Crippen LogP contribution in [0.3, 0.4) is 0 Å². The zero-order valence-electron chi connectivity index (χ0n) is 12.9. The molecular formula is C15H26N2O2S. The van der Waals surface area contributed by atoms with Crippen molar-refractivity contribution in [2.75, 3.05) is 18.2 Å². The molecule has 0 saturated heterocycles. The van der Waals surface area contributed by atoms with Crippen molar-refractivity contribution in [2.45, 2.75) is 58.9 Å². The van der Waals surface area contributed by atoms with E-state index in [0.29, 0.717) is 22.4 Å². The first-order valence-electron chi connectivity index (χ1n) is 7.28. The van der Waals surface area contributed by atoms with Gasteiger partial charge in [0.1, 0.15) is 5.00 Å². The lowest BCUT2D eigenvalue weighted by Gasteiger charge is -2.18. The summed E-state index contributed by atoms with van der Waals surface area (Å²) in [6.45, 7) is 5.91. The molecule has 114 valence electrons. The van der Waals surface area contributed by atoms with E-state index in [1.165, 1.54) is 31.1 Å². The summed E-state index contributed by atoms with van der Waals surface area (Å²) in [4.78, 5) is 12.2. The van der Waals surface area contributed by atoms with E-state index in [2.05, 4.69) is 19.2 Å². The number of Topliss-reactive ketones (excluding diaryl/α,β-unsaturated/α-hetero) is 1. The number of methoxy groups -OCH3 is 1. The van der Waals surface area contributed by atoms with Crippen LogP contribution in [0, 0.1) is 0 Å². The van der Waals surface area contributed by atoms with Gasteiger partial charge < -0.3 is 15.8 Å². The van der Waals surface area contributed by atoms with E-state index in [9.17, 15) is 4.79 Å². The molecule has 1 aromatic rings. The molecule has 0 aromatic carbocycles. The molecule has 1 aromatic heterocycles. The Morgan fingerprint density at radius 2 is 2.05 bits per heavy atom. The average Bonchev–Trinajstić information content (AvgIpc) is 2.72. The number of hydrogen-bond donors (Lipinski definition) is 2. The molecule has 0 amide bonds. The lowest BCUT2D eigenvalue weighted by Crippen LogP contribution is -2.18. The van der Waals surface area contributed by atoms with Gasteiger partial charge in [-0.3, -0.25) is 4.79 Å². The van der Waals surface area contributed by atoms with Crippen LogP contribution in [-0.4, -0.2) is 18.9 Å². The number of nitrogen functional groups attached to an aromatic ring is 1. The maximum atomic E-state index is 11.6. The normalized spacial score (nSPS) is 12.2. The predicted molar refractivity (Wildman–Crippen MR) is 87.1 cm³/mol. The van der Waals surface area contributed by atoms with E-state index >= 15 is 0 Å². The zero-order chi connectivity index (χ0) is 15.1. The molecule has 0 aliphatic rings. The summed E-state index contributed by atoms with van der Waals surface area (Å²) in [7, 11) is 1.59. The monoisotopic (exact) mass is 298 g/mol.